The molecule has 7 heteroatoms. The van der Waals surface area contributed by atoms with Crippen LogP contribution in [0.5, 0.6) is 0 Å². The summed E-state index contributed by atoms with van der Waals surface area (Å²) in [4.78, 5) is 16.3. The van der Waals surface area contributed by atoms with Crippen LogP contribution in [0.1, 0.15) is 13.3 Å². The Morgan fingerprint density at radius 3 is 2.81 bits per heavy atom. The van der Waals surface area contributed by atoms with Gasteiger partial charge in [0, 0.05) is 73.6 Å². The van der Waals surface area contributed by atoms with Crippen LogP contribution in [-0.4, -0.2) is 45.7 Å². The number of piperazine rings is 1. The van der Waals surface area contributed by atoms with Crippen molar-refractivity contribution in [2.24, 2.45) is 0 Å². The molecule has 4 heterocycles. The third-order valence-corrected chi connectivity index (χ3v) is 5.61. The zero-order chi connectivity index (χ0) is 21.0. The molecule has 0 saturated carbocycles. The largest absolute Gasteiger partial charge is 0.369 e. The van der Waals surface area contributed by atoms with Gasteiger partial charge in [0.05, 0.1) is 5.69 Å². The van der Waals surface area contributed by atoms with Gasteiger partial charge in [-0.05, 0) is 42.8 Å². The van der Waals surface area contributed by atoms with Gasteiger partial charge in [0.2, 0.25) is 5.95 Å². The minimum Gasteiger partial charge on any atom is -0.369 e. The molecule has 1 saturated heterocycles. The lowest BCUT2D eigenvalue weighted by molar-refractivity contribution is 0.589. The minimum absolute atomic E-state index is 0.593. The van der Waals surface area contributed by atoms with Crippen molar-refractivity contribution in [3.63, 3.8) is 0 Å². The van der Waals surface area contributed by atoms with Gasteiger partial charge in [-0.25, -0.2) is 15.0 Å². The number of aryl methyl sites for hydroxylation is 1. The van der Waals surface area contributed by atoms with Crippen molar-refractivity contribution in [2.45, 2.75) is 19.9 Å². The number of benzene rings is 1. The molecule has 0 bridgehead atoms. The van der Waals surface area contributed by atoms with Crippen molar-refractivity contribution in [3.8, 4) is 11.3 Å². The van der Waals surface area contributed by atoms with E-state index < -0.39 is 0 Å². The van der Waals surface area contributed by atoms with E-state index in [-0.39, 0.29) is 0 Å². The van der Waals surface area contributed by atoms with Gasteiger partial charge in [0.25, 0.3) is 0 Å². The first-order valence-corrected chi connectivity index (χ1v) is 10.9. The molecule has 1 aliphatic rings. The second kappa shape index (κ2) is 8.73. The van der Waals surface area contributed by atoms with Crippen molar-refractivity contribution in [1.82, 2.24) is 24.8 Å². The number of fused-ring (bicyclic) bond motifs is 1. The second-order valence-corrected chi connectivity index (χ2v) is 7.79. The smallest absolute Gasteiger partial charge is 0.227 e. The lowest BCUT2D eigenvalue weighted by Gasteiger charge is -2.29. The van der Waals surface area contributed by atoms with Crippen molar-refractivity contribution in [3.05, 3.63) is 61.1 Å². The molecule has 0 unspecified atom stereocenters. The number of rotatable bonds is 6. The molecule has 4 aromatic rings. The Labute approximate surface area is 182 Å². The van der Waals surface area contributed by atoms with Crippen LogP contribution in [0.15, 0.2) is 61.1 Å². The third kappa shape index (κ3) is 4.09. The molecule has 5 rings (SSSR count). The summed E-state index contributed by atoms with van der Waals surface area (Å²) in [5.74, 6) is 0.593. The minimum atomic E-state index is 0.593. The van der Waals surface area contributed by atoms with E-state index in [2.05, 4.69) is 73.5 Å². The molecule has 0 radical (unpaired) electrons. The molecule has 0 aliphatic carbocycles. The quantitative estimate of drug-likeness (QED) is 0.497. The normalized spacial score (nSPS) is 14.2. The Kier molecular flexibility index (Phi) is 5.50. The number of anilines is 3. The summed E-state index contributed by atoms with van der Waals surface area (Å²) in [5, 5.41) is 7.90. The van der Waals surface area contributed by atoms with Gasteiger partial charge >= 0.3 is 0 Å². The highest BCUT2D eigenvalue weighted by Crippen LogP contribution is 2.29. The Hall–Kier alpha value is -3.45. The fourth-order valence-corrected chi connectivity index (χ4v) is 4.14. The highest BCUT2D eigenvalue weighted by molar-refractivity contribution is 5.93. The van der Waals surface area contributed by atoms with Crippen molar-refractivity contribution in [2.75, 3.05) is 36.4 Å². The third-order valence-electron chi connectivity index (χ3n) is 5.61. The van der Waals surface area contributed by atoms with Crippen LogP contribution in [0.2, 0.25) is 0 Å². The summed E-state index contributed by atoms with van der Waals surface area (Å²) in [6.07, 6.45) is 6.86. The van der Waals surface area contributed by atoms with Gasteiger partial charge in [-0.2, -0.15) is 0 Å². The van der Waals surface area contributed by atoms with Gasteiger partial charge in [0.1, 0.15) is 5.65 Å². The average Bonchev–Trinajstić information content (AvgIpc) is 3.19. The van der Waals surface area contributed by atoms with Crippen molar-refractivity contribution < 1.29 is 0 Å². The predicted octanol–water partition coefficient (Wildman–Crippen LogP) is 4.06. The predicted molar refractivity (Wildman–Crippen MR) is 126 cm³/mol. The van der Waals surface area contributed by atoms with E-state index in [4.69, 9.17) is 4.98 Å². The fraction of sp³-hybridized carbons (Fsp3) is 0.292. The van der Waals surface area contributed by atoms with Crippen LogP contribution in [0.25, 0.3) is 22.3 Å². The zero-order valence-corrected chi connectivity index (χ0v) is 17.8. The van der Waals surface area contributed by atoms with E-state index in [1.165, 1.54) is 5.69 Å². The van der Waals surface area contributed by atoms with Gasteiger partial charge in [0.15, 0.2) is 0 Å². The van der Waals surface area contributed by atoms with E-state index in [0.29, 0.717) is 5.95 Å². The number of nitrogens with one attached hydrogen (secondary N) is 2. The van der Waals surface area contributed by atoms with Gasteiger partial charge in [-0.3, -0.25) is 0 Å². The molecule has 2 N–H and O–H groups in total. The summed E-state index contributed by atoms with van der Waals surface area (Å²) in [7, 11) is 0. The Balaban J connectivity index is 1.43. The van der Waals surface area contributed by atoms with Gasteiger partial charge in [-0.1, -0.05) is 13.0 Å². The van der Waals surface area contributed by atoms with Crippen LogP contribution >= 0.6 is 0 Å². The SMILES string of the molecule is CCCn1cc(-c2ccnc(Nc3cccc(N4CCNCC4)c3)n2)c2cccnc21. The van der Waals surface area contributed by atoms with Crippen LogP contribution in [0.4, 0.5) is 17.3 Å². The van der Waals surface area contributed by atoms with Crippen LogP contribution in [-0.2, 0) is 6.54 Å². The van der Waals surface area contributed by atoms with E-state index in [1.54, 1.807) is 0 Å². The number of nitrogens with zero attached hydrogens (tertiary/aromatic N) is 5. The molecule has 31 heavy (non-hydrogen) atoms. The standard InChI is InChI=1S/C24H27N7/c1-2-13-31-17-21(20-7-4-9-26-23(20)31)22-8-10-27-24(29-22)28-18-5-3-6-19(16-18)30-14-11-25-12-15-30/h3-10,16-17,25H,2,11-15H2,1H3,(H,27,28,29). The maximum Gasteiger partial charge on any atom is 0.227 e. The Morgan fingerprint density at radius 1 is 1.03 bits per heavy atom. The molecule has 1 fully saturated rings. The van der Waals surface area contributed by atoms with Crippen molar-refractivity contribution in [1.29, 1.82) is 0 Å². The summed E-state index contributed by atoms with van der Waals surface area (Å²) < 4.78 is 2.21. The highest BCUT2D eigenvalue weighted by atomic mass is 15.2. The number of pyridine rings is 1. The average molecular weight is 414 g/mol. The molecule has 0 amide bonds. The molecular formula is C24H27N7. The molecule has 3 aromatic heterocycles. The van der Waals surface area contributed by atoms with Crippen LogP contribution in [0, 0.1) is 0 Å². The zero-order valence-electron chi connectivity index (χ0n) is 17.8. The molecule has 0 atom stereocenters. The molecule has 1 aliphatic heterocycles. The lowest BCUT2D eigenvalue weighted by atomic mass is 10.1. The molecule has 7 nitrogen and oxygen atoms in total. The number of aromatic nitrogens is 4. The monoisotopic (exact) mass is 413 g/mol. The summed E-state index contributed by atoms with van der Waals surface area (Å²) in [6, 6.07) is 14.5. The van der Waals surface area contributed by atoms with Crippen LogP contribution in [0.3, 0.4) is 0 Å². The van der Waals surface area contributed by atoms with Crippen molar-refractivity contribution >= 4 is 28.4 Å². The first-order valence-electron chi connectivity index (χ1n) is 10.9. The number of hydrogen-bond acceptors (Lipinski definition) is 6. The lowest BCUT2D eigenvalue weighted by Crippen LogP contribution is -2.43. The van der Waals surface area contributed by atoms with E-state index in [1.807, 2.05) is 24.5 Å². The van der Waals surface area contributed by atoms with Crippen LogP contribution < -0.4 is 15.5 Å². The molecular weight excluding hydrogens is 386 g/mol. The molecule has 158 valence electrons. The summed E-state index contributed by atoms with van der Waals surface area (Å²) >= 11 is 0. The van der Waals surface area contributed by atoms with Gasteiger partial charge < -0.3 is 20.1 Å². The maximum atomic E-state index is 4.82. The molecule has 1 aromatic carbocycles. The summed E-state index contributed by atoms with van der Waals surface area (Å²) in [5.41, 5.74) is 5.18. The topological polar surface area (TPSA) is 70.9 Å². The van der Waals surface area contributed by atoms with E-state index in [9.17, 15) is 0 Å². The Bertz CT molecular complexity index is 1180. The Morgan fingerprint density at radius 2 is 1.94 bits per heavy atom. The second-order valence-electron chi connectivity index (χ2n) is 7.79. The first kappa shape index (κ1) is 19.5. The van der Waals surface area contributed by atoms with E-state index in [0.717, 1.165) is 67.1 Å². The molecule has 0 spiro atoms. The number of hydrogen-bond donors (Lipinski definition) is 2. The van der Waals surface area contributed by atoms with E-state index >= 15 is 0 Å². The summed E-state index contributed by atoms with van der Waals surface area (Å²) in [6.45, 7) is 7.18. The van der Waals surface area contributed by atoms with Gasteiger partial charge in [-0.15, -0.1) is 0 Å². The highest BCUT2D eigenvalue weighted by Gasteiger charge is 2.14. The fourth-order valence-electron chi connectivity index (χ4n) is 4.14. The maximum absolute atomic E-state index is 4.82. The first-order chi connectivity index (χ1) is 15.3.